The van der Waals surface area contributed by atoms with Gasteiger partial charge in [0.25, 0.3) is 5.91 Å². The summed E-state index contributed by atoms with van der Waals surface area (Å²) >= 11 is 0. The van der Waals surface area contributed by atoms with Gasteiger partial charge in [0.05, 0.1) is 18.9 Å². The second-order valence-corrected chi connectivity index (χ2v) is 9.36. The minimum Gasteiger partial charge on any atom is -0.497 e. The first-order valence-electron chi connectivity index (χ1n) is 9.43. The fourth-order valence-corrected chi connectivity index (χ4v) is 4.61. The van der Waals surface area contributed by atoms with E-state index in [9.17, 15) is 13.2 Å². The lowest BCUT2D eigenvalue weighted by Crippen LogP contribution is -2.45. The predicted molar refractivity (Wildman–Crippen MR) is 107 cm³/mol. The lowest BCUT2D eigenvalue weighted by molar-refractivity contribution is 0.0947. The molecule has 1 fully saturated rings. The number of carbonyl (C=O) groups excluding carboxylic acids is 1. The Morgan fingerprint density at radius 2 is 2.00 bits per heavy atom. The van der Waals surface area contributed by atoms with Crippen LogP contribution in [0.1, 0.15) is 41.7 Å². The monoisotopic (exact) mass is 400 g/mol. The molecule has 7 heteroatoms. The Morgan fingerprint density at radius 1 is 1.25 bits per heavy atom. The first-order chi connectivity index (χ1) is 13.3. The third kappa shape index (κ3) is 3.77. The lowest BCUT2D eigenvalue weighted by atomic mass is 9.78. The second-order valence-electron chi connectivity index (χ2n) is 7.61. The number of rotatable bonds is 3. The van der Waals surface area contributed by atoms with Gasteiger partial charge >= 0.3 is 0 Å². The maximum absolute atomic E-state index is 12.0. The van der Waals surface area contributed by atoms with Crippen LogP contribution in [0.2, 0.25) is 0 Å². The summed E-state index contributed by atoms with van der Waals surface area (Å²) in [6, 6.07) is 7.29. The summed E-state index contributed by atoms with van der Waals surface area (Å²) in [6.07, 6.45) is 9.48. The maximum atomic E-state index is 12.0. The van der Waals surface area contributed by atoms with Gasteiger partial charge in [-0.2, -0.15) is 0 Å². The molecule has 1 aliphatic carbocycles. The van der Waals surface area contributed by atoms with Crippen molar-refractivity contribution in [1.82, 2.24) is 10.0 Å². The van der Waals surface area contributed by atoms with Gasteiger partial charge in [0.2, 0.25) is 10.0 Å². The van der Waals surface area contributed by atoms with E-state index < -0.39 is 15.9 Å². The molecular formula is C21H24N2O4S. The minimum atomic E-state index is -3.58. The molecule has 0 aromatic heterocycles. The van der Waals surface area contributed by atoms with Crippen molar-refractivity contribution in [3.63, 3.8) is 0 Å². The van der Waals surface area contributed by atoms with E-state index in [1.54, 1.807) is 12.1 Å². The Bertz CT molecular complexity index is 990. The first kappa shape index (κ1) is 19.0. The Labute approximate surface area is 165 Å². The van der Waals surface area contributed by atoms with Gasteiger partial charge in [-0.15, -0.1) is 0 Å². The van der Waals surface area contributed by atoms with Crippen molar-refractivity contribution in [2.45, 2.75) is 31.8 Å². The Kier molecular flexibility index (Phi) is 4.89. The van der Waals surface area contributed by atoms with E-state index >= 15 is 0 Å². The van der Waals surface area contributed by atoms with Crippen LogP contribution in [0.25, 0.3) is 0 Å². The van der Waals surface area contributed by atoms with Gasteiger partial charge < -0.3 is 4.74 Å². The number of carbonyl (C=O) groups is 1. The van der Waals surface area contributed by atoms with Crippen molar-refractivity contribution in [2.24, 2.45) is 5.92 Å². The smallest absolute Gasteiger partial charge is 0.264 e. The van der Waals surface area contributed by atoms with Gasteiger partial charge in [0.15, 0.2) is 0 Å². The van der Waals surface area contributed by atoms with Gasteiger partial charge in [-0.05, 0) is 37.5 Å². The molecule has 1 saturated heterocycles. The van der Waals surface area contributed by atoms with Crippen LogP contribution in [0.15, 0.2) is 59.4 Å². The molecule has 1 aromatic carbocycles. The predicted octanol–water partition coefficient (Wildman–Crippen LogP) is 2.59. The van der Waals surface area contributed by atoms with Crippen LogP contribution in [0.5, 0.6) is 0 Å². The number of allylic oxidation sites excluding steroid dienone is 2. The van der Waals surface area contributed by atoms with E-state index in [4.69, 9.17) is 4.74 Å². The summed E-state index contributed by atoms with van der Waals surface area (Å²) in [6.45, 7) is 2.83. The van der Waals surface area contributed by atoms with Gasteiger partial charge in [-0.1, -0.05) is 35.9 Å². The number of hydrogen-bond donors (Lipinski definition) is 2. The van der Waals surface area contributed by atoms with E-state index in [-0.39, 0.29) is 18.0 Å². The SMILES string of the molecule is CC1=CC2=C3OCCC[C@@H]3[C@@H](c3ccc(C(=O)NS(C)(=O)=O)cc3)NC2C=C1. The molecule has 3 atom stereocenters. The van der Waals surface area contributed by atoms with Crippen molar-refractivity contribution >= 4 is 15.9 Å². The van der Waals surface area contributed by atoms with E-state index in [0.717, 1.165) is 37.0 Å². The fourth-order valence-electron chi connectivity index (χ4n) is 4.15. The molecule has 0 spiro atoms. The molecule has 0 bridgehead atoms. The summed E-state index contributed by atoms with van der Waals surface area (Å²) in [5.74, 6) is 0.694. The topological polar surface area (TPSA) is 84.5 Å². The number of amides is 1. The normalized spacial score (nSPS) is 26.6. The van der Waals surface area contributed by atoms with Crippen LogP contribution in [0.3, 0.4) is 0 Å². The molecule has 0 radical (unpaired) electrons. The highest BCUT2D eigenvalue weighted by atomic mass is 32.2. The van der Waals surface area contributed by atoms with Gasteiger partial charge in [0.1, 0.15) is 5.76 Å². The average molecular weight is 401 g/mol. The zero-order chi connectivity index (χ0) is 19.9. The highest BCUT2D eigenvalue weighted by Gasteiger charge is 2.39. The van der Waals surface area contributed by atoms with Crippen molar-refractivity contribution < 1.29 is 17.9 Å². The number of hydrogen-bond acceptors (Lipinski definition) is 5. The number of ether oxygens (including phenoxy) is 1. The number of nitrogens with one attached hydrogen (secondary N) is 2. The molecule has 148 valence electrons. The van der Waals surface area contributed by atoms with Crippen LogP contribution in [0, 0.1) is 5.92 Å². The summed E-state index contributed by atoms with van der Waals surface area (Å²) in [5.41, 5.74) is 3.80. The molecule has 0 saturated carbocycles. The van der Waals surface area contributed by atoms with E-state index in [2.05, 4.69) is 30.5 Å². The van der Waals surface area contributed by atoms with Crippen molar-refractivity contribution in [3.05, 3.63) is 70.5 Å². The molecule has 1 unspecified atom stereocenters. The first-order valence-corrected chi connectivity index (χ1v) is 11.3. The van der Waals surface area contributed by atoms with E-state index in [1.807, 2.05) is 16.9 Å². The number of benzene rings is 1. The van der Waals surface area contributed by atoms with Crippen LogP contribution in [-0.4, -0.2) is 33.2 Å². The molecule has 4 rings (SSSR count). The Hall–Kier alpha value is -2.38. The molecule has 3 aliphatic rings. The Balaban J connectivity index is 1.63. The second kappa shape index (κ2) is 7.22. The Morgan fingerprint density at radius 3 is 2.71 bits per heavy atom. The zero-order valence-corrected chi connectivity index (χ0v) is 16.8. The van der Waals surface area contributed by atoms with Gasteiger partial charge in [0, 0.05) is 23.1 Å². The number of fused-ring (bicyclic) bond motifs is 2. The largest absolute Gasteiger partial charge is 0.497 e. The zero-order valence-electron chi connectivity index (χ0n) is 15.9. The summed E-state index contributed by atoms with van der Waals surface area (Å²) < 4.78 is 30.6. The molecule has 28 heavy (non-hydrogen) atoms. The van der Waals surface area contributed by atoms with E-state index in [0.29, 0.717) is 5.56 Å². The van der Waals surface area contributed by atoms with Crippen LogP contribution in [-0.2, 0) is 14.8 Å². The van der Waals surface area contributed by atoms with Crippen molar-refractivity contribution in [2.75, 3.05) is 12.9 Å². The average Bonchev–Trinajstić information content (AvgIpc) is 2.66. The molecule has 2 N–H and O–H groups in total. The fraction of sp³-hybridized carbons (Fsp3) is 0.381. The molecule has 2 heterocycles. The third-order valence-corrected chi connectivity index (χ3v) is 5.94. The molecule has 2 aliphatic heterocycles. The van der Waals surface area contributed by atoms with Crippen LogP contribution in [0.4, 0.5) is 0 Å². The van der Waals surface area contributed by atoms with Crippen molar-refractivity contribution in [3.8, 4) is 0 Å². The quantitative estimate of drug-likeness (QED) is 0.815. The minimum absolute atomic E-state index is 0.0764. The van der Waals surface area contributed by atoms with Gasteiger partial charge in [-0.25, -0.2) is 13.1 Å². The molecule has 1 amide bonds. The molecule has 1 aromatic rings. The summed E-state index contributed by atoms with van der Waals surface area (Å²) in [7, 11) is -3.58. The van der Waals surface area contributed by atoms with Crippen LogP contribution >= 0.6 is 0 Å². The lowest BCUT2D eigenvalue weighted by Gasteiger charge is -2.42. The van der Waals surface area contributed by atoms with Gasteiger partial charge in [-0.3, -0.25) is 10.1 Å². The highest BCUT2D eigenvalue weighted by Crippen LogP contribution is 2.43. The standard InChI is InChI=1S/C21H24N2O4S/c1-13-5-10-18-17(12-13)20-16(4-3-11-27-20)19(22-18)14-6-8-15(9-7-14)21(24)23-28(2,25)26/h5-10,12,16,18-19,22H,3-4,11H2,1-2H3,(H,23,24)/t16-,18?,19-/m1/s1. The molecular weight excluding hydrogens is 376 g/mol. The third-order valence-electron chi connectivity index (χ3n) is 5.38. The molecule has 6 nitrogen and oxygen atoms in total. The summed E-state index contributed by atoms with van der Waals surface area (Å²) in [5, 5.41) is 3.71. The number of sulfonamides is 1. The van der Waals surface area contributed by atoms with E-state index in [1.165, 1.54) is 11.1 Å². The maximum Gasteiger partial charge on any atom is 0.264 e. The van der Waals surface area contributed by atoms with Crippen molar-refractivity contribution in [1.29, 1.82) is 0 Å². The van der Waals surface area contributed by atoms with Crippen LogP contribution < -0.4 is 10.0 Å². The summed E-state index contributed by atoms with van der Waals surface area (Å²) in [4.78, 5) is 12.0. The highest BCUT2D eigenvalue weighted by molar-refractivity contribution is 7.89.